The smallest absolute Gasteiger partial charge is 0.110 e. The van der Waals surface area contributed by atoms with E-state index in [9.17, 15) is 0 Å². The van der Waals surface area contributed by atoms with Crippen molar-refractivity contribution in [2.75, 3.05) is 13.6 Å². The Balaban J connectivity index is 2.19. The predicted octanol–water partition coefficient (Wildman–Crippen LogP) is 2.22. The minimum Gasteiger partial charge on any atom is -0.297 e. The van der Waals surface area contributed by atoms with Gasteiger partial charge in [-0.3, -0.25) is 4.90 Å². The fraction of sp³-hybridized carbons (Fsp3) is 0.667. The molecule has 1 aliphatic heterocycles. The van der Waals surface area contributed by atoms with Crippen LogP contribution in [0.25, 0.3) is 0 Å². The third-order valence-corrected chi connectivity index (χ3v) is 3.51. The molecule has 2 heterocycles. The summed E-state index contributed by atoms with van der Waals surface area (Å²) in [6.45, 7) is 3.29. The molecule has 0 aromatic carbocycles. The maximum absolute atomic E-state index is 4.52. The van der Waals surface area contributed by atoms with E-state index in [1.54, 1.807) is 11.3 Å². The van der Waals surface area contributed by atoms with E-state index in [1.807, 2.05) is 0 Å². The molecule has 66 valence electrons. The zero-order valence-corrected chi connectivity index (χ0v) is 8.40. The van der Waals surface area contributed by atoms with Gasteiger partial charge in [-0.15, -0.1) is 11.3 Å². The second kappa shape index (κ2) is 3.15. The Labute approximate surface area is 77.2 Å². The van der Waals surface area contributed by atoms with Gasteiger partial charge >= 0.3 is 0 Å². The third-order valence-electron chi connectivity index (χ3n) is 2.44. The predicted molar refractivity (Wildman–Crippen MR) is 51.5 cm³/mol. The van der Waals surface area contributed by atoms with Crippen molar-refractivity contribution in [2.45, 2.75) is 25.8 Å². The van der Waals surface area contributed by atoms with Crippen molar-refractivity contribution in [2.24, 2.45) is 0 Å². The first-order chi connectivity index (χ1) is 5.77. The van der Waals surface area contributed by atoms with Gasteiger partial charge in [0, 0.05) is 11.1 Å². The standard InChI is InChI=1S/C9H14N2S/c1-7-6-12-9(10-7)8-4-3-5-11(8)2/h6,8H,3-5H2,1-2H3. The van der Waals surface area contributed by atoms with Crippen LogP contribution in [0.1, 0.15) is 29.6 Å². The van der Waals surface area contributed by atoms with Gasteiger partial charge in [0.05, 0.1) is 6.04 Å². The van der Waals surface area contributed by atoms with Crippen molar-refractivity contribution >= 4 is 11.3 Å². The highest BCUT2D eigenvalue weighted by molar-refractivity contribution is 7.09. The lowest BCUT2D eigenvalue weighted by molar-refractivity contribution is 0.316. The van der Waals surface area contributed by atoms with Gasteiger partial charge in [-0.2, -0.15) is 0 Å². The highest BCUT2D eigenvalue weighted by Gasteiger charge is 2.24. The van der Waals surface area contributed by atoms with E-state index >= 15 is 0 Å². The molecule has 1 atom stereocenters. The number of aromatic nitrogens is 1. The first-order valence-corrected chi connectivity index (χ1v) is 5.27. The van der Waals surface area contributed by atoms with Gasteiger partial charge in [0.15, 0.2) is 0 Å². The van der Waals surface area contributed by atoms with Crippen LogP contribution in [-0.2, 0) is 0 Å². The van der Waals surface area contributed by atoms with E-state index in [4.69, 9.17) is 0 Å². The maximum atomic E-state index is 4.52. The molecule has 1 aromatic rings. The van der Waals surface area contributed by atoms with Crippen LogP contribution in [0, 0.1) is 6.92 Å². The molecule has 1 fully saturated rings. The molecular weight excluding hydrogens is 168 g/mol. The Morgan fingerprint density at radius 2 is 2.50 bits per heavy atom. The zero-order valence-electron chi connectivity index (χ0n) is 7.58. The summed E-state index contributed by atoms with van der Waals surface area (Å²) in [5.41, 5.74) is 1.16. The average Bonchev–Trinajstić information content (AvgIpc) is 2.58. The normalized spacial score (nSPS) is 25.0. The van der Waals surface area contributed by atoms with Crippen molar-refractivity contribution in [3.8, 4) is 0 Å². The van der Waals surface area contributed by atoms with E-state index in [-0.39, 0.29) is 0 Å². The van der Waals surface area contributed by atoms with Crippen molar-refractivity contribution in [1.82, 2.24) is 9.88 Å². The average molecular weight is 182 g/mol. The molecule has 0 bridgehead atoms. The van der Waals surface area contributed by atoms with E-state index < -0.39 is 0 Å². The molecule has 1 aliphatic rings. The van der Waals surface area contributed by atoms with E-state index in [0.717, 1.165) is 5.69 Å². The van der Waals surface area contributed by atoms with Crippen LogP contribution in [0.3, 0.4) is 0 Å². The molecule has 1 aromatic heterocycles. The van der Waals surface area contributed by atoms with Crippen LogP contribution >= 0.6 is 11.3 Å². The number of aryl methyl sites for hydroxylation is 1. The summed E-state index contributed by atoms with van der Waals surface area (Å²) < 4.78 is 0. The summed E-state index contributed by atoms with van der Waals surface area (Å²) in [7, 11) is 2.19. The van der Waals surface area contributed by atoms with E-state index in [0.29, 0.717) is 6.04 Å². The van der Waals surface area contributed by atoms with Crippen LogP contribution < -0.4 is 0 Å². The summed E-state index contributed by atoms with van der Waals surface area (Å²) in [5, 5.41) is 3.44. The summed E-state index contributed by atoms with van der Waals surface area (Å²) in [4.78, 5) is 6.92. The Kier molecular flexibility index (Phi) is 2.15. The van der Waals surface area contributed by atoms with Crippen LogP contribution in [0.15, 0.2) is 5.38 Å². The van der Waals surface area contributed by atoms with E-state index in [2.05, 4.69) is 29.2 Å². The molecule has 0 amide bonds. The number of rotatable bonds is 1. The van der Waals surface area contributed by atoms with Crippen molar-refractivity contribution < 1.29 is 0 Å². The molecule has 12 heavy (non-hydrogen) atoms. The molecule has 1 saturated heterocycles. The Hall–Kier alpha value is -0.410. The van der Waals surface area contributed by atoms with Crippen LogP contribution in [0.2, 0.25) is 0 Å². The zero-order chi connectivity index (χ0) is 8.55. The Bertz CT molecular complexity index is 269. The van der Waals surface area contributed by atoms with Gasteiger partial charge < -0.3 is 0 Å². The van der Waals surface area contributed by atoms with Gasteiger partial charge in [0.1, 0.15) is 5.01 Å². The lowest BCUT2D eigenvalue weighted by atomic mass is 10.2. The van der Waals surface area contributed by atoms with Gasteiger partial charge in [0.2, 0.25) is 0 Å². The lowest BCUT2D eigenvalue weighted by Gasteiger charge is -2.16. The fourth-order valence-electron chi connectivity index (χ4n) is 1.75. The molecule has 0 N–H and O–H groups in total. The van der Waals surface area contributed by atoms with Crippen molar-refractivity contribution in [3.63, 3.8) is 0 Å². The topological polar surface area (TPSA) is 16.1 Å². The molecule has 0 saturated carbocycles. The van der Waals surface area contributed by atoms with Gasteiger partial charge in [-0.05, 0) is 33.4 Å². The van der Waals surface area contributed by atoms with Crippen molar-refractivity contribution in [3.05, 3.63) is 16.1 Å². The van der Waals surface area contributed by atoms with Crippen LogP contribution in [0.5, 0.6) is 0 Å². The molecule has 0 aliphatic carbocycles. The molecular formula is C9H14N2S. The van der Waals surface area contributed by atoms with Crippen molar-refractivity contribution in [1.29, 1.82) is 0 Å². The molecule has 1 unspecified atom stereocenters. The first-order valence-electron chi connectivity index (χ1n) is 4.39. The molecule has 2 rings (SSSR count). The number of thiazole rings is 1. The highest BCUT2D eigenvalue weighted by Crippen LogP contribution is 2.31. The lowest BCUT2D eigenvalue weighted by Crippen LogP contribution is -2.17. The summed E-state index contributed by atoms with van der Waals surface area (Å²) in [5.74, 6) is 0. The summed E-state index contributed by atoms with van der Waals surface area (Å²) in [6.07, 6.45) is 2.60. The number of hydrogen-bond acceptors (Lipinski definition) is 3. The fourth-order valence-corrected chi connectivity index (χ4v) is 2.74. The minimum atomic E-state index is 0.601. The quantitative estimate of drug-likeness (QED) is 0.662. The van der Waals surface area contributed by atoms with Crippen LogP contribution in [0.4, 0.5) is 0 Å². The SMILES string of the molecule is Cc1csc(C2CCCN2C)n1. The minimum absolute atomic E-state index is 0.601. The molecule has 0 radical (unpaired) electrons. The largest absolute Gasteiger partial charge is 0.297 e. The summed E-state index contributed by atoms with van der Waals surface area (Å²) in [6, 6.07) is 0.601. The summed E-state index contributed by atoms with van der Waals surface area (Å²) >= 11 is 1.80. The Morgan fingerprint density at radius 1 is 1.67 bits per heavy atom. The molecule has 0 spiro atoms. The second-order valence-electron chi connectivity index (χ2n) is 3.47. The number of likely N-dealkylation sites (tertiary alicyclic amines) is 1. The second-order valence-corrected chi connectivity index (χ2v) is 4.36. The van der Waals surface area contributed by atoms with Crippen LogP contribution in [-0.4, -0.2) is 23.5 Å². The van der Waals surface area contributed by atoms with E-state index in [1.165, 1.54) is 24.4 Å². The third kappa shape index (κ3) is 1.39. The molecule has 3 heteroatoms. The van der Waals surface area contributed by atoms with Gasteiger partial charge in [-0.25, -0.2) is 4.98 Å². The number of nitrogens with zero attached hydrogens (tertiary/aromatic N) is 2. The Morgan fingerprint density at radius 3 is 3.00 bits per heavy atom. The highest BCUT2D eigenvalue weighted by atomic mass is 32.1. The number of hydrogen-bond donors (Lipinski definition) is 0. The van der Waals surface area contributed by atoms with Gasteiger partial charge in [0.25, 0.3) is 0 Å². The first kappa shape index (κ1) is 8.20. The van der Waals surface area contributed by atoms with Gasteiger partial charge in [-0.1, -0.05) is 0 Å². The molecule has 2 nitrogen and oxygen atoms in total. The monoisotopic (exact) mass is 182 g/mol. The maximum Gasteiger partial charge on any atom is 0.110 e.